The number of carbonyl (C=O) groups excluding carboxylic acids is 1. The number of ether oxygens (including phenoxy) is 3. The molecule has 73 heavy (non-hydrogen) atoms. The first kappa shape index (κ1) is 50.9. The highest BCUT2D eigenvalue weighted by Gasteiger charge is 2.49. The van der Waals surface area contributed by atoms with Crippen LogP contribution in [0.25, 0.3) is 11.0 Å². The van der Waals surface area contributed by atoms with Gasteiger partial charge < -0.3 is 34.5 Å². The van der Waals surface area contributed by atoms with Gasteiger partial charge in [-0.25, -0.2) is 17.5 Å². The van der Waals surface area contributed by atoms with Crippen molar-refractivity contribution >= 4 is 44.0 Å². The fraction of sp³-hybridized carbons (Fsp3) is 0.527. The Morgan fingerprint density at radius 2 is 1.74 bits per heavy atom. The predicted molar refractivity (Wildman–Crippen MR) is 279 cm³/mol. The summed E-state index contributed by atoms with van der Waals surface area (Å²) in [6.45, 7) is 14.2. The van der Waals surface area contributed by atoms with Gasteiger partial charge in [0.25, 0.3) is 21.8 Å². The number of aromatic amines is 1. The number of carbonyl (C=O) groups is 1. The molecule has 390 valence electrons. The van der Waals surface area contributed by atoms with Gasteiger partial charge >= 0.3 is 0 Å². The fourth-order valence-electron chi connectivity index (χ4n) is 12.0. The first-order valence-corrected chi connectivity index (χ1v) is 27.7. The number of hydrogen-bond acceptors (Lipinski definition) is 14. The number of nitrogens with one attached hydrogen (secondary N) is 3. The van der Waals surface area contributed by atoms with Gasteiger partial charge in [-0.05, 0) is 128 Å². The van der Waals surface area contributed by atoms with E-state index in [9.17, 15) is 23.2 Å². The van der Waals surface area contributed by atoms with Gasteiger partial charge in [0.15, 0.2) is 5.75 Å². The maximum Gasteiger partial charge on any atom is 0.268 e. The Balaban J connectivity index is 0.880. The second kappa shape index (κ2) is 21.3. The largest absolute Gasteiger partial charge is 0.474 e. The fourth-order valence-corrected chi connectivity index (χ4v) is 13.0. The van der Waals surface area contributed by atoms with Gasteiger partial charge in [0.05, 0.1) is 40.3 Å². The minimum Gasteiger partial charge on any atom is -0.474 e. The van der Waals surface area contributed by atoms with Crippen molar-refractivity contribution in [2.45, 2.75) is 107 Å². The number of amides is 1. The normalized spacial score (nSPS) is 23.6. The molecule has 2 saturated carbocycles. The molecule has 0 radical (unpaired) electrons. The van der Waals surface area contributed by atoms with Gasteiger partial charge in [0.1, 0.15) is 29.5 Å². The monoisotopic (exact) mass is 1020 g/mol. The molecule has 5 aliphatic rings. The highest BCUT2D eigenvalue weighted by Crippen LogP contribution is 2.49. The molecule has 5 aromatic rings. The number of nitrogens with zero attached hydrogens (tertiary/aromatic N) is 5. The van der Waals surface area contributed by atoms with Gasteiger partial charge in [-0.3, -0.25) is 14.6 Å². The van der Waals surface area contributed by atoms with Crippen molar-refractivity contribution in [2.24, 2.45) is 16.5 Å². The number of morpholine rings is 1. The van der Waals surface area contributed by atoms with Crippen LogP contribution in [-0.4, -0.2) is 123 Å². The molecule has 10 rings (SSSR count). The van der Waals surface area contributed by atoms with E-state index in [0.717, 1.165) is 76.7 Å². The third kappa shape index (κ3) is 11.2. The quantitative estimate of drug-likeness (QED) is 0.0645. The summed E-state index contributed by atoms with van der Waals surface area (Å²) in [5.41, 5.74) is 3.67. The van der Waals surface area contributed by atoms with Gasteiger partial charge in [-0.1, -0.05) is 44.5 Å². The minimum atomic E-state index is -4.56. The van der Waals surface area contributed by atoms with Crippen LogP contribution in [0, 0.1) is 22.1 Å². The molecule has 1 spiro atoms. The Morgan fingerprint density at radius 3 is 2.49 bits per heavy atom. The number of benzene rings is 3. The summed E-state index contributed by atoms with van der Waals surface area (Å²) in [5, 5.41) is 16.9. The van der Waals surface area contributed by atoms with Gasteiger partial charge in [-0.2, -0.15) is 4.98 Å². The smallest absolute Gasteiger partial charge is 0.268 e. The molecular weight excluding hydrogens is 952 g/mol. The summed E-state index contributed by atoms with van der Waals surface area (Å²) >= 11 is 0. The molecule has 0 unspecified atom stereocenters. The summed E-state index contributed by atoms with van der Waals surface area (Å²) in [5.74, 6) is -0.125. The van der Waals surface area contributed by atoms with E-state index in [4.69, 9.17) is 14.2 Å². The van der Waals surface area contributed by atoms with Crippen molar-refractivity contribution in [1.82, 2.24) is 24.5 Å². The summed E-state index contributed by atoms with van der Waals surface area (Å²) in [7, 11) is -4.56. The summed E-state index contributed by atoms with van der Waals surface area (Å²) in [6.07, 6.45) is 9.81. The van der Waals surface area contributed by atoms with Crippen LogP contribution in [0.5, 0.6) is 17.4 Å². The molecule has 16 nitrogen and oxygen atoms in total. The van der Waals surface area contributed by atoms with E-state index in [1.165, 1.54) is 60.9 Å². The Morgan fingerprint density at radius 1 is 0.973 bits per heavy atom. The number of fused-ring (bicyclic) bond motifs is 1. The summed E-state index contributed by atoms with van der Waals surface area (Å²) in [4.78, 5) is 40.7. The first-order valence-electron chi connectivity index (χ1n) is 26.2. The average molecular weight is 1020 g/mol. The van der Waals surface area contributed by atoms with Gasteiger partial charge in [0, 0.05) is 82.4 Å². The third-order valence-corrected chi connectivity index (χ3v) is 17.7. The minimum absolute atomic E-state index is 0.0170. The number of likely N-dealkylation sites (tertiary alicyclic amines) is 1. The van der Waals surface area contributed by atoms with Crippen LogP contribution in [0.15, 0.2) is 83.0 Å². The molecule has 5 heterocycles. The number of sulfonamides is 1. The molecule has 5 fully saturated rings. The average Bonchev–Trinajstić information content (AvgIpc) is 4.01. The SMILES string of the molecule is CC(C)c1ccccc1[C@H]1CCC[C@H]1N1CC2(CCN(c3ccc(C(=O)NS(=O)(=O)c4ccc(NC[C@H]5CC[C@](C)(O)CC5)c(N=O)c4)c(Oc4cc5c(F)c[nH]c5nc4OCCN4CCOCC4)c3)CC2)C1. The number of nitroso groups, excluding NO2 is 1. The van der Waals surface area contributed by atoms with Crippen molar-refractivity contribution in [3.63, 3.8) is 0 Å². The first-order chi connectivity index (χ1) is 35.2. The topological polar surface area (TPSA) is 191 Å². The van der Waals surface area contributed by atoms with Crippen LogP contribution in [-0.2, 0) is 14.8 Å². The molecular formula is C55H69FN8O8S. The third-order valence-electron chi connectivity index (χ3n) is 16.3. The standard InChI is InChI=1S/C55H69FN8O8S/c1-36(2)40-7-4-5-8-41(40)42-9-6-10-48(42)64-34-55(35-64)19-21-63(22-20-55)38-11-13-43(49(29-38)72-50-31-44-45(56)33-58-51(44)59-53(50)71-28-25-62-23-26-70-27-24-62)52(65)61-73(68,69)39-12-14-46(47(30-39)60-67)57-32-37-15-17-54(3,66)18-16-37/h4-5,7-8,11-14,29-31,33,36-37,42,48,57,66H,6,9-10,15-28,32,34-35H2,1-3H3,(H,58,59)(H,61,65)/t37-,42-,48-,54-/m1/s1. The summed E-state index contributed by atoms with van der Waals surface area (Å²) in [6, 6.07) is 20.0. The van der Waals surface area contributed by atoms with E-state index >= 15 is 4.39 Å². The molecule has 3 aromatic carbocycles. The Hall–Kier alpha value is -5.66. The number of H-pyrrole nitrogens is 1. The van der Waals surface area contributed by atoms with Gasteiger partial charge in [0.2, 0.25) is 0 Å². The van der Waals surface area contributed by atoms with E-state index in [0.29, 0.717) is 62.7 Å². The number of hydrogen-bond donors (Lipinski definition) is 4. The maximum atomic E-state index is 15.2. The molecule has 3 aliphatic heterocycles. The number of rotatable bonds is 17. The number of aromatic nitrogens is 2. The second-order valence-corrected chi connectivity index (χ2v) is 23.4. The van der Waals surface area contributed by atoms with Crippen molar-refractivity contribution < 1.29 is 36.9 Å². The van der Waals surface area contributed by atoms with E-state index in [-0.39, 0.29) is 62.5 Å². The van der Waals surface area contributed by atoms with Crippen molar-refractivity contribution in [1.29, 1.82) is 0 Å². The number of halogens is 1. The lowest BCUT2D eigenvalue weighted by molar-refractivity contribution is -0.0493. The van der Waals surface area contributed by atoms with Crippen molar-refractivity contribution in [2.75, 3.05) is 82.4 Å². The Bertz CT molecular complexity index is 2900. The zero-order valence-corrected chi connectivity index (χ0v) is 43.0. The number of aliphatic hydroxyl groups is 1. The van der Waals surface area contributed by atoms with Crippen LogP contribution < -0.4 is 24.4 Å². The van der Waals surface area contributed by atoms with E-state index in [1.807, 2.05) is 6.92 Å². The lowest BCUT2D eigenvalue weighted by atomic mass is 9.70. The van der Waals surface area contributed by atoms with Crippen LogP contribution in [0.3, 0.4) is 0 Å². The predicted octanol–water partition coefficient (Wildman–Crippen LogP) is 9.44. The molecule has 2 aromatic heterocycles. The molecule has 1 amide bonds. The molecule has 18 heteroatoms. The zero-order valence-electron chi connectivity index (χ0n) is 42.2. The molecule has 0 bridgehead atoms. The highest BCUT2D eigenvalue weighted by atomic mass is 32.2. The van der Waals surface area contributed by atoms with E-state index in [2.05, 4.69) is 78.0 Å². The Labute approximate surface area is 427 Å². The maximum absolute atomic E-state index is 15.2. The van der Waals surface area contributed by atoms with Crippen LogP contribution in [0.4, 0.5) is 21.5 Å². The number of piperidine rings is 1. The van der Waals surface area contributed by atoms with E-state index in [1.54, 1.807) is 12.1 Å². The zero-order chi connectivity index (χ0) is 50.9. The van der Waals surface area contributed by atoms with Crippen LogP contribution >= 0.6 is 0 Å². The molecule has 2 aliphatic carbocycles. The van der Waals surface area contributed by atoms with Crippen molar-refractivity contribution in [3.05, 3.63) is 100 Å². The number of anilines is 2. The van der Waals surface area contributed by atoms with Crippen LogP contribution in [0.1, 0.15) is 112 Å². The molecule has 3 saturated heterocycles. The van der Waals surface area contributed by atoms with Crippen LogP contribution in [0.2, 0.25) is 0 Å². The lowest BCUT2D eigenvalue weighted by Gasteiger charge is -2.57. The molecule has 4 N–H and O–H groups in total. The van der Waals surface area contributed by atoms with E-state index < -0.39 is 27.3 Å². The van der Waals surface area contributed by atoms with Crippen molar-refractivity contribution in [3.8, 4) is 17.4 Å². The summed E-state index contributed by atoms with van der Waals surface area (Å²) < 4.78 is 63.6. The Kier molecular flexibility index (Phi) is 14.8. The van der Waals surface area contributed by atoms with Gasteiger partial charge in [-0.15, -0.1) is 4.91 Å². The molecule has 2 atom stereocenters. The lowest BCUT2D eigenvalue weighted by Crippen LogP contribution is -2.63. The highest BCUT2D eigenvalue weighted by molar-refractivity contribution is 7.90. The number of pyridine rings is 1. The second-order valence-electron chi connectivity index (χ2n) is 21.7.